The van der Waals surface area contributed by atoms with Gasteiger partial charge in [0.15, 0.2) is 5.96 Å². The van der Waals surface area contributed by atoms with Gasteiger partial charge >= 0.3 is 0 Å². The molecule has 1 unspecified atom stereocenters. The fourth-order valence-electron chi connectivity index (χ4n) is 4.14. The van der Waals surface area contributed by atoms with Crippen molar-refractivity contribution in [1.82, 2.24) is 20.4 Å². The minimum Gasteiger partial charge on any atom is -0.468 e. The molecule has 26 heavy (non-hydrogen) atoms. The number of piperidine rings is 1. The first kappa shape index (κ1) is 19.2. The predicted molar refractivity (Wildman–Crippen MR) is 107 cm³/mol. The molecule has 0 aliphatic carbocycles. The molecule has 6 nitrogen and oxygen atoms in total. The van der Waals surface area contributed by atoms with Crippen LogP contribution >= 0.6 is 0 Å². The number of furan rings is 1. The highest BCUT2D eigenvalue weighted by Gasteiger charge is 2.26. The number of aliphatic imine (C=N–C) groups is 1. The van der Waals surface area contributed by atoms with Crippen LogP contribution in [0, 0.1) is 0 Å². The summed E-state index contributed by atoms with van der Waals surface area (Å²) in [6, 6.07) is 4.86. The first-order valence-corrected chi connectivity index (χ1v) is 10.3. The third-order valence-corrected chi connectivity index (χ3v) is 5.61. The Kier molecular flexibility index (Phi) is 7.38. The summed E-state index contributed by atoms with van der Waals surface area (Å²) in [6.07, 6.45) is 7.95. The minimum absolute atomic E-state index is 0.275. The van der Waals surface area contributed by atoms with Gasteiger partial charge in [-0.3, -0.25) is 9.89 Å². The summed E-state index contributed by atoms with van der Waals surface area (Å²) in [6.45, 7) is 8.97. The SMILES string of the molecule is CCCN1CCC(NC(=NC)NCC(c2ccco2)N2CCCC2)CC1. The second kappa shape index (κ2) is 9.97. The molecule has 2 saturated heterocycles. The van der Waals surface area contributed by atoms with E-state index in [1.807, 2.05) is 13.1 Å². The van der Waals surface area contributed by atoms with Crippen molar-refractivity contribution < 1.29 is 4.42 Å². The fraction of sp³-hybridized carbons (Fsp3) is 0.750. The van der Waals surface area contributed by atoms with E-state index in [4.69, 9.17) is 4.42 Å². The molecule has 0 radical (unpaired) electrons. The molecule has 0 saturated carbocycles. The van der Waals surface area contributed by atoms with E-state index >= 15 is 0 Å². The van der Waals surface area contributed by atoms with Crippen LogP contribution in [-0.4, -0.2) is 68.1 Å². The van der Waals surface area contributed by atoms with Gasteiger partial charge in [-0.1, -0.05) is 6.92 Å². The highest BCUT2D eigenvalue weighted by Crippen LogP contribution is 2.24. The van der Waals surface area contributed by atoms with Crippen LogP contribution in [0.2, 0.25) is 0 Å². The van der Waals surface area contributed by atoms with E-state index in [0.29, 0.717) is 6.04 Å². The molecule has 3 heterocycles. The van der Waals surface area contributed by atoms with Crippen LogP contribution in [0.4, 0.5) is 0 Å². The molecule has 2 aliphatic heterocycles. The molecule has 0 bridgehead atoms. The quantitative estimate of drug-likeness (QED) is 0.577. The molecule has 2 N–H and O–H groups in total. The number of guanidine groups is 1. The van der Waals surface area contributed by atoms with Gasteiger partial charge in [0.25, 0.3) is 0 Å². The Balaban J connectivity index is 1.49. The zero-order chi connectivity index (χ0) is 18.2. The minimum atomic E-state index is 0.275. The lowest BCUT2D eigenvalue weighted by Gasteiger charge is -2.33. The van der Waals surface area contributed by atoms with Crippen molar-refractivity contribution in [2.45, 2.75) is 51.1 Å². The first-order valence-electron chi connectivity index (χ1n) is 10.3. The number of hydrogen-bond acceptors (Lipinski definition) is 4. The Morgan fingerprint density at radius 2 is 2.04 bits per heavy atom. The maximum atomic E-state index is 5.71. The number of nitrogens with zero attached hydrogens (tertiary/aromatic N) is 3. The zero-order valence-electron chi connectivity index (χ0n) is 16.4. The van der Waals surface area contributed by atoms with Crippen LogP contribution in [0.25, 0.3) is 0 Å². The van der Waals surface area contributed by atoms with Crippen molar-refractivity contribution in [1.29, 1.82) is 0 Å². The largest absolute Gasteiger partial charge is 0.468 e. The summed E-state index contributed by atoms with van der Waals surface area (Å²) in [5.74, 6) is 1.96. The Hall–Kier alpha value is -1.53. The average Bonchev–Trinajstić information content (AvgIpc) is 3.37. The molecular weight excluding hydrogens is 326 g/mol. The molecule has 2 aliphatic rings. The predicted octanol–water partition coefficient (Wildman–Crippen LogP) is 2.46. The Bertz CT molecular complexity index is 530. The van der Waals surface area contributed by atoms with Gasteiger partial charge in [0.2, 0.25) is 0 Å². The molecule has 146 valence electrons. The summed E-state index contributed by atoms with van der Waals surface area (Å²) >= 11 is 0. The molecule has 6 heteroatoms. The average molecular weight is 362 g/mol. The molecule has 1 aromatic rings. The third-order valence-electron chi connectivity index (χ3n) is 5.61. The number of nitrogens with one attached hydrogen (secondary N) is 2. The van der Waals surface area contributed by atoms with E-state index < -0.39 is 0 Å². The molecule has 3 rings (SSSR count). The number of rotatable bonds is 7. The summed E-state index contributed by atoms with van der Waals surface area (Å²) in [7, 11) is 1.86. The topological polar surface area (TPSA) is 56.0 Å². The molecule has 1 aromatic heterocycles. The van der Waals surface area contributed by atoms with Crippen molar-refractivity contribution >= 4 is 5.96 Å². The van der Waals surface area contributed by atoms with Crippen LogP contribution in [0.5, 0.6) is 0 Å². The molecule has 0 aromatic carbocycles. The van der Waals surface area contributed by atoms with Crippen molar-refractivity contribution in [2.75, 3.05) is 46.3 Å². The summed E-state index contributed by atoms with van der Waals surface area (Å²) in [5, 5.41) is 7.16. The lowest BCUT2D eigenvalue weighted by Crippen LogP contribution is -2.50. The van der Waals surface area contributed by atoms with E-state index in [0.717, 1.165) is 31.4 Å². The molecule has 1 atom stereocenters. The maximum absolute atomic E-state index is 5.71. The number of hydrogen-bond donors (Lipinski definition) is 2. The number of likely N-dealkylation sites (tertiary alicyclic amines) is 2. The van der Waals surface area contributed by atoms with Gasteiger partial charge in [-0.15, -0.1) is 0 Å². The van der Waals surface area contributed by atoms with Gasteiger partial charge in [0, 0.05) is 32.7 Å². The summed E-state index contributed by atoms with van der Waals surface area (Å²) in [5.41, 5.74) is 0. The van der Waals surface area contributed by atoms with E-state index in [9.17, 15) is 0 Å². The van der Waals surface area contributed by atoms with Gasteiger partial charge in [-0.2, -0.15) is 0 Å². The smallest absolute Gasteiger partial charge is 0.191 e. The zero-order valence-corrected chi connectivity index (χ0v) is 16.4. The fourth-order valence-corrected chi connectivity index (χ4v) is 4.14. The van der Waals surface area contributed by atoms with Crippen LogP contribution < -0.4 is 10.6 Å². The second-order valence-electron chi connectivity index (χ2n) is 7.49. The standard InChI is InChI=1S/C20H35N5O/c1-3-10-24-13-8-17(9-14-24)23-20(21-2)22-16-18(19-7-6-15-26-19)25-11-4-5-12-25/h6-7,15,17-18H,3-5,8-14,16H2,1-2H3,(H2,21,22,23). The highest BCUT2D eigenvalue weighted by molar-refractivity contribution is 5.80. The van der Waals surface area contributed by atoms with Gasteiger partial charge in [0.05, 0.1) is 12.3 Å². The first-order chi connectivity index (χ1) is 12.8. The normalized spacial score (nSPS) is 21.8. The summed E-state index contributed by atoms with van der Waals surface area (Å²) in [4.78, 5) is 9.53. The van der Waals surface area contributed by atoms with Crippen LogP contribution in [0.15, 0.2) is 27.8 Å². The van der Waals surface area contributed by atoms with E-state index in [1.54, 1.807) is 6.26 Å². The Morgan fingerprint density at radius 3 is 2.65 bits per heavy atom. The Morgan fingerprint density at radius 1 is 1.27 bits per heavy atom. The maximum Gasteiger partial charge on any atom is 0.191 e. The van der Waals surface area contributed by atoms with Crippen LogP contribution in [-0.2, 0) is 0 Å². The van der Waals surface area contributed by atoms with Gasteiger partial charge in [-0.25, -0.2) is 0 Å². The lowest BCUT2D eigenvalue weighted by molar-refractivity contribution is 0.204. The van der Waals surface area contributed by atoms with E-state index in [2.05, 4.69) is 38.4 Å². The van der Waals surface area contributed by atoms with Crippen molar-refractivity contribution in [3.05, 3.63) is 24.2 Å². The van der Waals surface area contributed by atoms with Crippen molar-refractivity contribution in [3.8, 4) is 0 Å². The van der Waals surface area contributed by atoms with E-state index in [-0.39, 0.29) is 6.04 Å². The Labute approximate surface area is 158 Å². The monoisotopic (exact) mass is 361 g/mol. The van der Waals surface area contributed by atoms with Gasteiger partial charge in [0.1, 0.15) is 5.76 Å². The molecule has 0 amide bonds. The lowest BCUT2D eigenvalue weighted by atomic mass is 10.1. The summed E-state index contributed by atoms with van der Waals surface area (Å²) < 4.78 is 5.71. The highest BCUT2D eigenvalue weighted by atomic mass is 16.3. The van der Waals surface area contributed by atoms with Gasteiger partial charge < -0.3 is 20.0 Å². The van der Waals surface area contributed by atoms with E-state index in [1.165, 1.54) is 51.7 Å². The van der Waals surface area contributed by atoms with Crippen molar-refractivity contribution in [2.24, 2.45) is 4.99 Å². The van der Waals surface area contributed by atoms with Gasteiger partial charge in [-0.05, 0) is 63.9 Å². The van der Waals surface area contributed by atoms with Crippen molar-refractivity contribution in [3.63, 3.8) is 0 Å². The van der Waals surface area contributed by atoms with Crippen LogP contribution in [0.3, 0.4) is 0 Å². The third kappa shape index (κ3) is 5.24. The van der Waals surface area contributed by atoms with Crippen LogP contribution in [0.1, 0.15) is 50.8 Å². The molecular formula is C20H35N5O. The molecule has 0 spiro atoms. The molecule has 2 fully saturated rings. The second-order valence-corrected chi connectivity index (χ2v) is 7.49.